The normalized spacial score (nSPS) is 14.0. The number of sulfonamides is 1. The Labute approximate surface area is 146 Å². The summed E-state index contributed by atoms with van der Waals surface area (Å²) in [7, 11) is -3.95. The lowest BCUT2D eigenvalue weighted by Gasteiger charge is -2.23. The zero-order chi connectivity index (χ0) is 18.5. The molecule has 0 bridgehead atoms. The maximum Gasteiger partial charge on any atom is 0.270 e. The van der Waals surface area contributed by atoms with Gasteiger partial charge in [0.15, 0.2) is 0 Å². The van der Waals surface area contributed by atoms with Crippen LogP contribution in [0.3, 0.4) is 0 Å². The highest BCUT2D eigenvalue weighted by molar-refractivity contribution is 7.89. The number of aryl methyl sites for hydroxylation is 1. The fourth-order valence-electron chi connectivity index (χ4n) is 2.24. The lowest BCUT2D eigenvalue weighted by molar-refractivity contribution is -0.385. The van der Waals surface area contributed by atoms with Crippen LogP contribution in [-0.2, 0) is 16.4 Å². The zero-order valence-electron chi connectivity index (χ0n) is 13.8. The summed E-state index contributed by atoms with van der Waals surface area (Å²) in [6.07, 6.45) is 0.973. The van der Waals surface area contributed by atoms with Crippen molar-refractivity contribution in [2.24, 2.45) is 0 Å². The number of nitro benzene ring substituents is 1. The van der Waals surface area contributed by atoms with Gasteiger partial charge >= 0.3 is 0 Å². The van der Waals surface area contributed by atoms with Crippen molar-refractivity contribution >= 4 is 15.7 Å². The third kappa shape index (κ3) is 5.63. The van der Waals surface area contributed by atoms with E-state index < -0.39 is 20.5 Å². The van der Waals surface area contributed by atoms with E-state index in [1.165, 1.54) is 18.2 Å². The van der Waals surface area contributed by atoms with E-state index in [1.807, 2.05) is 30.3 Å². The van der Waals surface area contributed by atoms with Crippen LogP contribution in [0.15, 0.2) is 59.5 Å². The smallest absolute Gasteiger partial charge is 0.270 e. The fraction of sp³-hybridized carbons (Fsp3) is 0.294. The molecule has 2 rings (SSSR count). The average Bonchev–Trinajstić information content (AvgIpc) is 2.60. The first-order valence-corrected chi connectivity index (χ1v) is 9.18. The quantitative estimate of drug-likeness (QED) is 0.551. The van der Waals surface area contributed by atoms with Crippen molar-refractivity contribution in [1.82, 2.24) is 4.72 Å². The van der Waals surface area contributed by atoms with Gasteiger partial charge < -0.3 is 5.11 Å². The maximum atomic E-state index is 12.3. The van der Waals surface area contributed by atoms with Gasteiger partial charge in [-0.1, -0.05) is 36.4 Å². The van der Waals surface area contributed by atoms with Gasteiger partial charge in [-0.05, 0) is 31.4 Å². The van der Waals surface area contributed by atoms with Crippen LogP contribution in [0.25, 0.3) is 0 Å². The van der Waals surface area contributed by atoms with Gasteiger partial charge in [-0.2, -0.15) is 0 Å². The molecule has 0 aliphatic heterocycles. The van der Waals surface area contributed by atoms with Crippen LogP contribution < -0.4 is 4.72 Å². The molecule has 0 spiro atoms. The van der Waals surface area contributed by atoms with E-state index in [4.69, 9.17) is 0 Å². The summed E-state index contributed by atoms with van der Waals surface area (Å²) in [6, 6.07) is 14.3. The van der Waals surface area contributed by atoms with Gasteiger partial charge in [0.25, 0.3) is 5.69 Å². The number of hydrogen-bond donors (Lipinski definition) is 2. The van der Waals surface area contributed by atoms with Gasteiger partial charge in [-0.3, -0.25) is 10.1 Å². The number of rotatable bonds is 8. The molecule has 134 valence electrons. The van der Waals surface area contributed by atoms with Crippen molar-refractivity contribution in [2.75, 3.05) is 6.54 Å². The molecule has 0 fully saturated rings. The fourth-order valence-corrected chi connectivity index (χ4v) is 3.45. The van der Waals surface area contributed by atoms with Crippen LogP contribution in [0, 0.1) is 10.1 Å². The van der Waals surface area contributed by atoms with Gasteiger partial charge in [0, 0.05) is 18.7 Å². The molecule has 1 atom stereocenters. The van der Waals surface area contributed by atoms with Crippen LogP contribution in [0.5, 0.6) is 0 Å². The van der Waals surface area contributed by atoms with Crippen LogP contribution in [0.4, 0.5) is 5.69 Å². The molecule has 0 aromatic heterocycles. The molecule has 1 unspecified atom stereocenters. The van der Waals surface area contributed by atoms with E-state index in [-0.39, 0.29) is 17.1 Å². The van der Waals surface area contributed by atoms with E-state index in [1.54, 1.807) is 6.92 Å². The van der Waals surface area contributed by atoms with Crippen molar-refractivity contribution in [2.45, 2.75) is 30.3 Å². The standard InChI is InChI=1S/C17H20N2O5S/c1-17(20,11-10-14-6-3-2-4-7-14)13-18-25(23,24)16-9-5-8-15(12-16)19(21)22/h2-9,12,18,20H,10-11,13H2,1H3. The number of nitrogens with one attached hydrogen (secondary N) is 1. The second kappa shape index (κ2) is 7.73. The van der Waals surface area contributed by atoms with Gasteiger partial charge in [-0.25, -0.2) is 13.1 Å². The summed E-state index contributed by atoms with van der Waals surface area (Å²) in [4.78, 5) is 9.90. The van der Waals surface area contributed by atoms with Crippen molar-refractivity contribution in [3.63, 3.8) is 0 Å². The highest BCUT2D eigenvalue weighted by Crippen LogP contribution is 2.18. The minimum Gasteiger partial charge on any atom is -0.389 e. The number of nitro groups is 1. The average molecular weight is 364 g/mol. The molecule has 0 aliphatic rings. The molecule has 2 aromatic rings. The first-order valence-electron chi connectivity index (χ1n) is 7.70. The number of hydrogen-bond acceptors (Lipinski definition) is 5. The Kier molecular flexibility index (Phi) is 5.89. The second-order valence-electron chi connectivity index (χ2n) is 6.06. The monoisotopic (exact) mass is 364 g/mol. The van der Waals surface area contributed by atoms with E-state index >= 15 is 0 Å². The Bertz CT molecular complexity index is 835. The van der Waals surface area contributed by atoms with Crippen molar-refractivity contribution in [3.8, 4) is 0 Å². The first kappa shape index (κ1) is 19.0. The molecule has 0 heterocycles. The number of benzene rings is 2. The minimum atomic E-state index is -3.95. The van der Waals surface area contributed by atoms with Crippen LogP contribution >= 0.6 is 0 Å². The summed E-state index contributed by atoms with van der Waals surface area (Å²) >= 11 is 0. The predicted octanol–water partition coefficient (Wildman–Crippen LogP) is 2.26. The van der Waals surface area contributed by atoms with Gasteiger partial charge in [0.1, 0.15) is 0 Å². The Balaban J connectivity index is 2.00. The molecule has 25 heavy (non-hydrogen) atoms. The molecule has 0 aliphatic carbocycles. The number of non-ortho nitro benzene ring substituents is 1. The topological polar surface area (TPSA) is 110 Å². The third-order valence-electron chi connectivity index (χ3n) is 3.78. The highest BCUT2D eigenvalue weighted by atomic mass is 32.2. The molecule has 8 heteroatoms. The van der Waals surface area contributed by atoms with Crippen molar-refractivity contribution in [3.05, 3.63) is 70.3 Å². The van der Waals surface area contributed by atoms with Crippen molar-refractivity contribution in [1.29, 1.82) is 0 Å². The molecule has 2 N–H and O–H groups in total. The van der Waals surface area contributed by atoms with Gasteiger partial charge in [0.2, 0.25) is 10.0 Å². The zero-order valence-corrected chi connectivity index (χ0v) is 14.6. The lowest BCUT2D eigenvalue weighted by atomic mass is 9.97. The minimum absolute atomic E-state index is 0.190. The molecular formula is C17H20N2O5S. The molecule has 2 aromatic carbocycles. The molecule has 0 saturated carbocycles. The Hall–Kier alpha value is -2.29. The first-order chi connectivity index (χ1) is 11.7. The van der Waals surface area contributed by atoms with Gasteiger partial charge in [-0.15, -0.1) is 0 Å². The molecular weight excluding hydrogens is 344 g/mol. The molecule has 0 amide bonds. The van der Waals surface area contributed by atoms with E-state index in [0.29, 0.717) is 12.8 Å². The molecule has 0 saturated heterocycles. The number of nitrogens with zero attached hydrogens (tertiary/aromatic N) is 1. The van der Waals surface area contributed by atoms with E-state index in [9.17, 15) is 23.6 Å². The Morgan fingerprint density at radius 3 is 2.48 bits per heavy atom. The van der Waals surface area contributed by atoms with Crippen molar-refractivity contribution < 1.29 is 18.4 Å². The van der Waals surface area contributed by atoms with E-state index in [2.05, 4.69) is 4.72 Å². The summed E-state index contributed by atoms with van der Waals surface area (Å²) < 4.78 is 26.9. The lowest BCUT2D eigenvalue weighted by Crippen LogP contribution is -2.40. The SMILES string of the molecule is CC(O)(CCc1ccccc1)CNS(=O)(=O)c1cccc([N+](=O)[O-])c1. The maximum absolute atomic E-state index is 12.3. The summed E-state index contributed by atoms with van der Waals surface area (Å²) in [5.74, 6) is 0. The van der Waals surface area contributed by atoms with E-state index in [0.717, 1.165) is 11.6 Å². The Morgan fingerprint density at radius 1 is 1.16 bits per heavy atom. The van der Waals surface area contributed by atoms with Crippen LogP contribution in [-0.4, -0.2) is 30.6 Å². The molecule has 7 nitrogen and oxygen atoms in total. The Morgan fingerprint density at radius 2 is 1.84 bits per heavy atom. The van der Waals surface area contributed by atoms with Gasteiger partial charge in [0.05, 0.1) is 15.4 Å². The summed E-state index contributed by atoms with van der Waals surface area (Å²) in [6.45, 7) is 1.36. The predicted molar refractivity (Wildman–Crippen MR) is 93.7 cm³/mol. The highest BCUT2D eigenvalue weighted by Gasteiger charge is 2.25. The van der Waals surface area contributed by atoms with Crippen LogP contribution in [0.2, 0.25) is 0 Å². The number of aliphatic hydroxyl groups is 1. The summed E-state index contributed by atoms with van der Waals surface area (Å²) in [5, 5.41) is 21.2. The van der Waals surface area contributed by atoms with Crippen LogP contribution in [0.1, 0.15) is 18.9 Å². The largest absolute Gasteiger partial charge is 0.389 e. The summed E-state index contributed by atoms with van der Waals surface area (Å²) in [5.41, 5.74) is -0.507. The molecule has 0 radical (unpaired) electrons. The third-order valence-corrected chi connectivity index (χ3v) is 5.18. The second-order valence-corrected chi connectivity index (χ2v) is 7.83.